The van der Waals surface area contributed by atoms with E-state index in [2.05, 4.69) is 5.32 Å². The highest BCUT2D eigenvalue weighted by molar-refractivity contribution is 6.15. The Morgan fingerprint density at radius 3 is 2.48 bits per heavy atom. The van der Waals surface area contributed by atoms with Gasteiger partial charge >= 0.3 is 0 Å². The number of carbonyl (C=O) groups excluding carboxylic acids is 2. The van der Waals surface area contributed by atoms with Crippen LogP contribution in [-0.4, -0.2) is 17.9 Å². The molecule has 2 amide bonds. The van der Waals surface area contributed by atoms with E-state index in [1.54, 1.807) is 4.90 Å². The van der Waals surface area contributed by atoms with Crippen LogP contribution in [0.1, 0.15) is 65.2 Å². The van der Waals surface area contributed by atoms with Gasteiger partial charge in [0.2, 0.25) is 5.91 Å². The van der Waals surface area contributed by atoms with Crippen LogP contribution in [-0.2, 0) is 4.79 Å². The van der Waals surface area contributed by atoms with Crippen LogP contribution in [0.15, 0.2) is 42.5 Å². The van der Waals surface area contributed by atoms with E-state index in [4.69, 9.17) is 0 Å². The molecule has 4 nitrogen and oxygen atoms in total. The summed E-state index contributed by atoms with van der Waals surface area (Å²) in [6, 6.07) is 13.0. The molecule has 2 aromatic rings. The fraction of sp³-hybridized carbons (Fsp3) is 0.391. The quantitative estimate of drug-likeness (QED) is 0.877. The van der Waals surface area contributed by atoms with E-state index in [1.165, 1.54) is 12.0 Å². The molecule has 1 heterocycles. The summed E-state index contributed by atoms with van der Waals surface area (Å²) >= 11 is 0. The first kappa shape index (κ1) is 17.8. The Hall–Kier alpha value is -2.62. The van der Waals surface area contributed by atoms with Crippen molar-refractivity contribution in [2.24, 2.45) is 0 Å². The highest BCUT2D eigenvalue weighted by atomic mass is 16.2. The fourth-order valence-electron chi connectivity index (χ4n) is 4.24. The molecule has 2 aliphatic rings. The molecule has 1 atom stereocenters. The number of anilines is 1. The Bertz CT molecular complexity index is 884. The van der Waals surface area contributed by atoms with E-state index in [9.17, 15) is 9.59 Å². The van der Waals surface area contributed by atoms with Crippen molar-refractivity contribution in [1.29, 1.82) is 0 Å². The predicted octanol–water partition coefficient (Wildman–Crippen LogP) is 4.45. The third kappa shape index (κ3) is 3.25. The predicted molar refractivity (Wildman–Crippen MR) is 107 cm³/mol. The number of nitrogens with one attached hydrogen (secondary N) is 1. The van der Waals surface area contributed by atoms with E-state index in [0.717, 1.165) is 42.5 Å². The number of carbonyl (C=O) groups is 2. The Labute approximate surface area is 160 Å². The number of fused-ring (bicyclic) bond motifs is 1. The van der Waals surface area contributed by atoms with Crippen LogP contribution in [0.5, 0.6) is 0 Å². The van der Waals surface area contributed by atoms with Crippen molar-refractivity contribution in [2.45, 2.75) is 58.0 Å². The van der Waals surface area contributed by atoms with E-state index in [1.807, 2.05) is 56.3 Å². The van der Waals surface area contributed by atoms with Gasteiger partial charge in [-0.15, -0.1) is 0 Å². The van der Waals surface area contributed by atoms with E-state index in [0.29, 0.717) is 5.56 Å². The second-order valence-electron chi connectivity index (χ2n) is 7.78. The standard InChI is InChI=1S/C23H26N2O2/c1-15-12-13-18(14-16(15)2)25-21(19-10-6-7-11-20(19)23(25)27)22(26)24-17-8-4-3-5-9-17/h6-7,10-14,17,21H,3-5,8-9H2,1-2H3,(H,24,26)/t21-/m0/s1. The molecule has 0 spiro atoms. The second-order valence-corrected chi connectivity index (χ2v) is 7.78. The van der Waals surface area contributed by atoms with Crippen LogP contribution >= 0.6 is 0 Å². The van der Waals surface area contributed by atoms with Crippen molar-refractivity contribution in [3.05, 3.63) is 64.7 Å². The largest absolute Gasteiger partial charge is 0.351 e. The number of aryl methyl sites for hydroxylation is 2. The molecule has 0 unspecified atom stereocenters. The maximum atomic E-state index is 13.3. The summed E-state index contributed by atoms with van der Waals surface area (Å²) in [5.41, 5.74) is 4.49. The molecule has 27 heavy (non-hydrogen) atoms. The minimum atomic E-state index is -0.599. The fourth-order valence-corrected chi connectivity index (χ4v) is 4.24. The Kier molecular flexibility index (Phi) is 4.73. The van der Waals surface area contributed by atoms with Gasteiger partial charge in [-0.05, 0) is 61.6 Å². The van der Waals surface area contributed by atoms with Crippen molar-refractivity contribution in [1.82, 2.24) is 5.32 Å². The summed E-state index contributed by atoms with van der Waals surface area (Å²) in [6.07, 6.45) is 5.61. The topological polar surface area (TPSA) is 49.4 Å². The van der Waals surface area contributed by atoms with Crippen LogP contribution in [0.2, 0.25) is 0 Å². The molecule has 2 aromatic carbocycles. The maximum Gasteiger partial charge on any atom is 0.259 e. The van der Waals surface area contributed by atoms with Crippen LogP contribution in [0.3, 0.4) is 0 Å². The second kappa shape index (κ2) is 7.18. The SMILES string of the molecule is Cc1ccc(N2C(=O)c3ccccc3[C@H]2C(=O)NC2CCCCC2)cc1C. The number of rotatable bonds is 3. The van der Waals surface area contributed by atoms with Crippen LogP contribution in [0.25, 0.3) is 0 Å². The number of hydrogen-bond donors (Lipinski definition) is 1. The molecule has 0 aromatic heterocycles. The smallest absolute Gasteiger partial charge is 0.259 e. The molecule has 1 aliphatic carbocycles. The lowest BCUT2D eigenvalue weighted by Crippen LogP contribution is -2.44. The summed E-state index contributed by atoms with van der Waals surface area (Å²) in [5, 5.41) is 3.22. The minimum absolute atomic E-state index is 0.0709. The monoisotopic (exact) mass is 362 g/mol. The van der Waals surface area contributed by atoms with Crippen molar-refractivity contribution < 1.29 is 9.59 Å². The van der Waals surface area contributed by atoms with E-state index in [-0.39, 0.29) is 17.9 Å². The van der Waals surface area contributed by atoms with Crippen LogP contribution < -0.4 is 10.2 Å². The Balaban J connectivity index is 1.71. The lowest BCUT2D eigenvalue weighted by molar-refractivity contribution is -0.123. The highest BCUT2D eigenvalue weighted by Crippen LogP contribution is 2.38. The van der Waals surface area contributed by atoms with E-state index < -0.39 is 6.04 Å². The van der Waals surface area contributed by atoms with Gasteiger partial charge in [-0.25, -0.2) is 0 Å². The van der Waals surface area contributed by atoms with Gasteiger partial charge in [-0.1, -0.05) is 43.5 Å². The minimum Gasteiger partial charge on any atom is -0.351 e. The zero-order chi connectivity index (χ0) is 19.0. The van der Waals surface area contributed by atoms with Crippen LogP contribution in [0.4, 0.5) is 5.69 Å². The summed E-state index contributed by atoms with van der Waals surface area (Å²) in [7, 11) is 0. The maximum absolute atomic E-state index is 13.3. The number of amides is 2. The van der Waals surface area contributed by atoms with Crippen molar-refractivity contribution in [3.8, 4) is 0 Å². The molecule has 1 N–H and O–H groups in total. The van der Waals surface area contributed by atoms with Crippen molar-refractivity contribution in [3.63, 3.8) is 0 Å². The van der Waals surface area contributed by atoms with Gasteiger partial charge in [0.05, 0.1) is 0 Å². The van der Waals surface area contributed by atoms with Crippen molar-refractivity contribution >= 4 is 17.5 Å². The molecule has 1 aliphatic heterocycles. The normalized spacial score (nSPS) is 19.9. The number of hydrogen-bond acceptors (Lipinski definition) is 2. The van der Waals surface area contributed by atoms with Gasteiger partial charge in [-0.3, -0.25) is 14.5 Å². The first-order valence-electron chi connectivity index (χ1n) is 9.86. The molecule has 1 saturated carbocycles. The van der Waals surface area contributed by atoms with Gasteiger partial charge in [0.1, 0.15) is 6.04 Å². The third-order valence-electron chi connectivity index (χ3n) is 5.93. The van der Waals surface area contributed by atoms with Gasteiger partial charge in [0.25, 0.3) is 5.91 Å². The van der Waals surface area contributed by atoms with Crippen LogP contribution in [0, 0.1) is 13.8 Å². The molecular weight excluding hydrogens is 336 g/mol. The zero-order valence-electron chi connectivity index (χ0n) is 16.0. The van der Waals surface area contributed by atoms with Crippen molar-refractivity contribution in [2.75, 3.05) is 4.90 Å². The molecule has 0 saturated heterocycles. The number of nitrogens with zero attached hydrogens (tertiary/aromatic N) is 1. The van der Waals surface area contributed by atoms with Gasteiger partial charge in [0, 0.05) is 17.3 Å². The lowest BCUT2D eigenvalue weighted by Gasteiger charge is -2.29. The first-order chi connectivity index (χ1) is 13.1. The molecular formula is C23H26N2O2. The third-order valence-corrected chi connectivity index (χ3v) is 5.93. The molecule has 0 radical (unpaired) electrons. The molecule has 140 valence electrons. The summed E-state index contributed by atoms with van der Waals surface area (Å²) in [6.45, 7) is 4.08. The molecule has 0 bridgehead atoms. The van der Waals surface area contributed by atoms with Gasteiger partial charge < -0.3 is 5.32 Å². The molecule has 4 rings (SSSR count). The van der Waals surface area contributed by atoms with E-state index >= 15 is 0 Å². The highest BCUT2D eigenvalue weighted by Gasteiger charge is 2.42. The summed E-state index contributed by atoms with van der Waals surface area (Å²) in [5.74, 6) is -0.170. The number of benzene rings is 2. The Morgan fingerprint density at radius 1 is 1.00 bits per heavy atom. The Morgan fingerprint density at radius 2 is 1.74 bits per heavy atom. The van der Waals surface area contributed by atoms with Gasteiger partial charge in [0.15, 0.2) is 0 Å². The molecule has 4 heteroatoms. The van der Waals surface area contributed by atoms with Gasteiger partial charge in [-0.2, -0.15) is 0 Å². The average Bonchev–Trinajstić information content (AvgIpc) is 2.98. The summed E-state index contributed by atoms with van der Waals surface area (Å²) < 4.78 is 0. The average molecular weight is 362 g/mol. The lowest BCUT2D eigenvalue weighted by atomic mass is 9.95. The zero-order valence-corrected chi connectivity index (χ0v) is 16.0. The summed E-state index contributed by atoms with van der Waals surface area (Å²) in [4.78, 5) is 28.1. The molecule has 1 fully saturated rings. The first-order valence-corrected chi connectivity index (χ1v) is 9.86.